The van der Waals surface area contributed by atoms with E-state index in [1.165, 1.54) is 5.56 Å². The number of amides is 2. The van der Waals surface area contributed by atoms with Crippen molar-refractivity contribution in [2.24, 2.45) is 0 Å². The van der Waals surface area contributed by atoms with Crippen molar-refractivity contribution in [2.75, 3.05) is 26.1 Å². The number of hydrogen-bond donors (Lipinski definition) is 1. The highest BCUT2D eigenvalue weighted by Crippen LogP contribution is 2.34. The Hall–Kier alpha value is -3.80. The van der Waals surface area contributed by atoms with E-state index in [9.17, 15) is 9.59 Å². The Morgan fingerprint density at radius 1 is 0.886 bits per heavy atom. The molecule has 3 aromatic rings. The minimum absolute atomic E-state index is 0.00970. The van der Waals surface area contributed by atoms with Crippen molar-refractivity contribution in [3.8, 4) is 11.5 Å². The van der Waals surface area contributed by atoms with Crippen molar-refractivity contribution in [1.29, 1.82) is 0 Å². The summed E-state index contributed by atoms with van der Waals surface area (Å²) in [4.78, 5) is 27.1. The number of nitrogens with one attached hydrogen (secondary N) is 1. The first kappa shape index (κ1) is 24.3. The molecule has 0 aliphatic heterocycles. The zero-order valence-corrected chi connectivity index (χ0v) is 20.3. The number of carbonyl (C=O) groups excluding carboxylic acids is 2. The summed E-state index contributed by atoms with van der Waals surface area (Å²) in [7, 11) is 3.47. The van der Waals surface area contributed by atoms with Gasteiger partial charge in [-0.05, 0) is 73.6 Å². The second-order valence-corrected chi connectivity index (χ2v) is 8.93. The first-order valence-electron chi connectivity index (χ1n) is 12.0. The number of benzene rings is 3. The van der Waals surface area contributed by atoms with Crippen LogP contribution in [0.4, 0.5) is 5.69 Å². The molecular weight excluding hydrogens is 440 g/mol. The molecule has 6 nitrogen and oxygen atoms in total. The lowest BCUT2D eigenvalue weighted by molar-refractivity contribution is -0.118. The van der Waals surface area contributed by atoms with E-state index in [0.29, 0.717) is 28.7 Å². The predicted octanol–water partition coefficient (Wildman–Crippen LogP) is 5.51. The van der Waals surface area contributed by atoms with Gasteiger partial charge in [0.25, 0.3) is 11.8 Å². The van der Waals surface area contributed by atoms with Gasteiger partial charge in [-0.2, -0.15) is 0 Å². The maximum atomic E-state index is 13.0. The molecule has 0 aromatic heterocycles. The smallest absolute Gasteiger partial charge is 0.262 e. The molecule has 182 valence electrons. The van der Waals surface area contributed by atoms with Crippen molar-refractivity contribution >= 4 is 17.5 Å². The second kappa shape index (κ2) is 11.6. The molecule has 0 spiro atoms. The quantitative estimate of drug-likeness (QED) is 0.469. The largest absolute Gasteiger partial charge is 0.497 e. The summed E-state index contributed by atoms with van der Waals surface area (Å²) < 4.78 is 10.8. The van der Waals surface area contributed by atoms with Gasteiger partial charge in [-0.25, -0.2) is 0 Å². The Bertz CT molecular complexity index is 1120. The SMILES string of the molecule is COc1cccc(NC(=O)COc2ccc(C(=O)N(C)C3CCC(c4ccccc4)CC3)cc2)c1. The van der Waals surface area contributed by atoms with Crippen LogP contribution in [0.25, 0.3) is 0 Å². The number of anilines is 1. The van der Waals surface area contributed by atoms with Gasteiger partial charge in [0.05, 0.1) is 7.11 Å². The first-order valence-corrected chi connectivity index (χ1v) is 12.0. The lowest BCUT2D eigenvalue weighted by atomic mass is 9.81. The number of nitrogens with zero attached hydrogens (tertiary/aromatic N) is 1. The van der Waals surface area contributed by atoms with E-state index in [2.05, 4.69) is 35.6 Å². The summed E-state index contributed by atoms with van der Waals surface area (Å²) in [6, 6.07) is 25.0. The summed E-state index contributed by atoms with van der Waals surface area (Å²) in [5.41, 5.74) is 2.65. The Labute approximate surface area is 206 Å². The lowest BCUT2D eigenvalue weighted by Gasteiger charge is -2.35. The summed E-state index contributed by atoms with van der Waals surface area (Å²) in [5.74, 6) is 1.51. The average Bonchev–Trinajstić information content (AvgIpc) is 2.92. The van der Waals surface area contributed by atoms with E-state index in [4.69, 9.17) is 9.47 Å². The third-order valence-electron chi connectivity index (χ3n) is 6.66. The number of ether oxygens (including phenoxy) is 2. The van der Waals surface area contributed by atoms with Gasteiger partial charge in [-0.1, -0.05) is 36.4 Å². The standard InChI is InChI=1S/C29H32N2O4/c1-31(25-15-11-22(12-16-25)21-7-4-3-5-8-21)29(33)23-13-17-26(18-14-23)35-20-28(32)30-24-9-6-10-27(19-24)34-2/h3-10,13-14,17-19,22,25H,11-12,15-16,20H2,1-2H3,(H,30,32). The molecule has 3 aromatic carbocycles. The van der Waals surface area contributed by atoms with Crippen molar-refractivity contribution in [3.05, 3.63) is 90.0 Å². The predicted molar refractivity (Wildman–Crippen MR) is 137 cm³/mol. The van der Waals surface area contributed by atoms with Gasteiger partial charge >= 0.3 is 0 Å². The highest BCUT2D eigenvalue weighted by Gasteiger charge is 2.27. The Morgan fingerprint density at radius 3 is 2.29 bits per heavy atom. The van der Waals surface area contributed by atoms with Crippen LogP contribution in [0, 0.1) is 0 Å². The van der Waals surface area contributed by atoms with Crippen molar-refractivity contribution in [3.63, 3.8) is 0 Å². The molecule has 0 unspecified atom stereocenters. The normalized spacial score (nSPS) is 17.3. The van der Waals surface area contributed by atoms with Crippen LogP contribution < -0.4 is 14.8 Å². The minimum atomic E-state index is -0.274. The molecule has 6 heteroatoms. The van der Waals surface area contributed by atoms with Crippen LogP contribution in [0.2, 0.25) is 0 Å². The van der Waals surface area contributed by atoms with Crippen molar-refractivity contribution < 1.29 is 19.1 Å². The van der Waals surface area contributed by atoms with E-state index in [0.717, 1.165) is 25.7 Å². The molecule has 4 rings (SSSR count). The summed E-state index contributed by atoms with van der Waals surface area (Å²) in [6.07, 6.45) is 4.20. The highest BCUT2D eigenvalue weighted by atomic mass is 16.5. The topological polar surface area (TPSA) is 67.9 Å². The number of carbonyl (C=O) groups is 2. The maximum absolute atomic E-state index is 13.0. The molecule has 35 heavy (non-hydrogen) atoms. The Kier molecular flexibility index (Phi) is 8.03. The fraction of sp³-hybridized carbons (Fsp3) is 0.310. The number of hydrogen-bond acceptors (Lipinski definition) is 4. The van der Waals surface area contributed by atoms with E-state index < -0.39 is 0 Å². The molecular formula is C29H32N2O4. The van der Waals surface area contributed by atoms with Crippen LogP contribution in [-0.4, -0.2) is 43.5 Å². The highest BCUT2D eigenvalue weighted by molar-refractivity contribution is 5.94. The molecule has 1 N–H and O–H groups in total. The Morgan fingerprint density at radius 2 is 1.60 bits per heavy atom. The molecule has 1 aliphatic rings. The first-order chi connectivity index (χ1) is 17.0. The third kappa shape index (κ3) is 6.41. The van der Waals surface area contributed by atoms with E-state index >= 15 is 0 Å². The molecule has 0 atom stereocenters. The van der Waals surface area contributed by atoms with Gasteiger partial charge in [0.15, 0.2) is 6.61 Å². The minimum Gasteiger partial charge on any atom is -0.497 e. The van der Waals surface area contributed by atoms with Gasteiger partial charge in [-0.3, -0.25) is 9.59 Å². The van der Waals surface area contributed by atoms with Gasteiger partial charge < -0.3 is 19.7 Å². The average molecular weight is 473 g/mol. The zero-order valence-electron chi connectivity index (χ0n) is 20.3. The molecule has 1 aliphatic carbocycles. The van der Waals surface area contributed by atoms with Crippen LogP contribution in [0.5, 0.6) is 11.5 Å². The van der Waals surface area contributed by atoms with Gasteiger partial charge in [-0.15, -0.1) is 0 Å². The number of methoxy groups -OCH3 is 1. The third-order valence-corrected chi connectivity index (χ3v) is 6.66. The molecule has 0 saturated heterocycles. The second-order valence-electron chi connectivity index (χ2n) is 8.93. The number of rotatable bonds is 8. The van der Waals surface area contributed by atoms with Crippen LogP contribution in [0.15, 0.2) is 78.9 Å². The Balaban J connectivity index is 1.25. The zero-order chi connectivity index (χ0) is 24.6. The molecule has 2 amide bonds. The van der Waals surface area contributed by atoms with Crippen LogP contribution in [0.1, 0.15) is 47.5 Å². The molecule has 0 bridgehead atoms. The van der Waals surface area contributed by atoms with E-state index in [1.54, 1.807) is 49.6 Å². The van der Waals surface area contributed by atoms with Crippen molar-refractivity contribution in [2.45, 2.75) is 37.6 Å². The summed E-state index contributed by atoms with van der Waals surface area (Å²) in [6.45, 7) is -0.130. The van der Waals surface area contributed by atoms with E-state index in [-0.39, 0.29) is 24.5 Å². The molecule has 0 heterocycles. The fourth-order valence-electron chi connectivity index (χ4n) is 4.63. The van der Waals surface area contributed by atoms with Crippen LogP contribution in [-0.2, 0) is 4.79 Å². The molecule has 1 fully saturated rings. The van der Waals surface area contributed by atoms with Gasteiger partial charge in [0.2, 0.25) is 0 Å². The maximum Gasteiger partial charge on any atom is 0.262 e. The molecule has 0 radical (unpaired) electrons. The van der Waals surface area contributed by atoms with Gasteiger partial charge in [0.1, 0.15) is 11.5 Å². The summed E-state index contributed by atoms with van der Waals surface area (Å²) >= 11 is 0. The van der Waals surface area contributed by atoms with Crippen LogP contribution in [0.3, 0.4) is 0 Å². The van der Waals surface area contributed by atoms with E-state index in [1.807, 2.05) is 18.0 Å². The molecule has 1 saturated carbocycles. The van der Waals surface area contributed by atoms with Crippen LogP contribution >= 0.6 is 0 Å². The van der Waals surface area contributed by atoms with Crippen molar-refractivity contribution in [1.82, 2.24) is 4.90 Å². The monoisotopic (exact) mass is 472 g/mol. The van der Waals surface area contributed by atoms with Gasteiger partial charge in [0, 0.05) is 30.4 Å². The fourth-order valence-corrected chi connectivity index (χ4v) is 4.63. The lowest BCUT2D eigenvalue weighted by Crippen LogP contribution is -2.39. The summed E-state index contributed by atoms with van der Waals surface area (Å²) in [5, 5.41) is 2.78.